The molecule has 2 aromatic rings. The van der Waals surface area contributed by atoms with Crippen LogP contribution in [0, 0.1) is 10.1 Å². The summed E-state index contributed by atoms with van der Waals surface area (Å²) in [6, 6.07) is 4.02. The van der Waals surface area contributed by atoms with Crippen LogP contribution < -0.4 is 10.1 Å². The Kier molecular flexibility index (Phi) is 3.70. The van der Waals surface area contributed by atoms with E-state index < -0.39 is 4.92 Å². The first-order valence-electron chi connectivity index (χ1n) is 6.28. The molecule has 1 N–H and O–H groups in total. The highest BCUT2D eigenvalue weighted by molar-refractivity contribution is 9.10. The summed E-state index contributed by atoms with van der Waals surface area (Å²) in [7, 11) is 0. The highest BCUT2D eigenvalue weighted by Crippen LogP contribution is 2.33. The molecule has 0 saturated heterocycles. The van der Waals surface area contributed by atoms with Crippen molar-refractivity contribution in [1.29, 1.82) is 0 Å². The molecule has 21 heavy (non-hydrogen) atoms. The first-order chi connectivity index (χ1) is 10.1. The van der Waals surface area contributed by atoms with Crippen LogP contribution in [0.15, 0.2) is 29.0 Å². The van der Waals surface area contributed by atoms with Gasteiger partial charge in [0.05, 0.1) is 11.5 Å². The van der Waals surface area contributed by atoms with Crippen molar-refractivity contribution in [2.24, 2.45) is 0 Å². The lowest BCUT2D eigenvalue weighted by atomic mass is 10.1. The number of ether oxygens (including phenoxy) is 1. The van der Waals surface area contributed by atoms with Gasteiger partial charge in [0.2, 0.25) is 5.95 Å². The highest BCUT2D eigenvalue weighted by Gasteiger charge is 2.17. The topological polar surface area (TPSA) is 90.2 Å². The average Bonchev–Trinajstić information content (AvgIpc) is 2.93. The summed E-state index contributed by atoms with van der Waals surface area (Å²) in [6.07, 6.45) is 3.25. The van der Waals surface area contributed by atoms with Gasteiger partial charge in [-0.1, -0.05) is 15.9 Å². The monoisotopic (exact) mass is 350 g/mol. The van der Waals surface area contributed by atoms with Crippen LogP contribution in [0.1, 0.15) is 11.1 Å². The Morgan fingerprint density at radius 3 is 2.86 bits per heavy atom. The van der Waals surface area contributed by atoms with Gasteiger partial charge in [0.25, 0.3) is 0 Å². The molecule has 0 atom stereocenters. The van der Waals surface area contributed by atoms with Crippen LogP contribution in [0.4, 0.5) is 11.6 Å². The molecule has 0 fully saturated rings. The molecule has 108 valence electrons. The Bertz CT molecular complexity index is 691. The number of nitrogens with zero attached hydrogens (tertiary/aromatic N) is 3. The molecule has 0 amide bonds. The molecule has 1 aliphatic heterocycles. The lowest BCUT2D eigenvalue weighted by Gasteiger charge is -2.10. The van der Waals surface area contributed by atoms with Crippen LogP contribution in [0.3, 0.4) is 0 Å². The van der Waals surface area contributed by atoms with Gasteiger partial charge in [-0.25, -0.2) is 9.97 Å². The predicted octanol–water partition coefficient (Wildman–Crippen LogP) is 2.69. The molecule has 0 spiro atoms. The molecule has 1 aromatic carbocycles. The SMILES string of the molecule is O=[N+]([O-])c1cnc(NCc2cc(Br)cc3c2OCC3)nc1. The Labute approximate surface area is 128 Å². The van der Waals surface area contributed by atoms with E-state index in [0.29, 0.717) is 19.1 Å². The minimum Gasteiger partial charge on any atom is -0.493 e. The summed E-state index contributed by atoms with van der Waals surface area (Å²) in [5.41, 5.74) is 2.04. The van der Waals surface area contributed by atoms with Crippen LogP contribution in [0.2, 0.25) is 0 Å². The van der Waals surface area contributed by atoms with Crippen molar-refractivity contribution in [2.75, 3.05) is 11.9 Å². The second-order valence-electron chi connectivity index (χ2n) is 4.53. The Morgan fingerprint density at radius 2 is 2.14 bits per heavy atom. The van der Waals surface area contributed by atoms with Gasteiger partial charge in [0.15, 0.2) is 0 Å². The number of anilines is 1. The third-order valence-corrected chi connectivity index (χ3v) is 3.57. The van der Waals surface area contributed by atoms with E-state index in [9.17, 15) is 10.1 Å². The summed E-state index contributed by atoms with van der Waals surface area (Å²) in [6.45, 7) is 1.17. The zero-order valence-electron chi connectivity index (χ0n) is 10.9. The van der Waals surface area contributed by atoms with E-state index in [2.05, 4.69) is 31.2 Å². The van der Waals surface area contributed by atoms with Gasteiger partial charge in [0, 0.05) is 23.0 Å². The van der Waals surface area contributed by atoms with Crippen molar-refractivity contribution in [3.63, 3.8) is 0 Å². The fourth-order valence-corrected chi connectivity index (χ4v) is 2.71. The molecule has 0 saturated carbocycles. The Hall–Kier alpha value is -2.22. The number of hydrogen-bond donors (Lipinski definition) is 1. The van der Waals surface area contributed by atoms with Gasteiger partial charge in [0.1, 0.15) is 18.1 Å². The van der Waals surface area contributed by atoms with Crippen LogP contribution in [-0.2, 0) is 13.0 Å². The van der Waals surface area contributed by atoms with E-state index in [4.69, 9.17) is 4.74 Å². The van der Waals surface area contributed by atoms with E-state index in [1.807, 2.05) is 12.1 Å². The summed E-state index contributed by atoms with van der Waals surface area (Å²) in [5.74, 6) is 1.24. The molecule has 7 nitrogen and oxygen atoms in total. The lowest BCUT2D eigenvalue weighted by Crippen LogP contribution is -2.05. The molecule has 0 bridgehead atoms. The molecule has 0 unspecified atom stereocenters. The zero-order chi connectivity index (χ0) is 14.8. The number of nitrogens with one attached hydrogen (secondary N) is 1. The summed E-state index contributed by atoms with van der Waals surface area (Å²) in [5, 5.41) is 13.6. The summed E-state index contributed by atoms with van der Waals surface area (Å²) < 4.78 is 6.63. The van der Waals surface area contributed by atoms with Gasteiger partial charge < -0.3 is 10.1 Å². The van der Waals surface area contributed by atoms with Crippen LogP contribution in [-0.4, -0.2) is 21.5 Å². The van der Waals surface area contributed by atoms with Crippen molar-refractivity contribution in [3.05, 3.63) is 50.2 Å². The van der Waals surface area contributed by atoms with E-state index in [-0.39, 0.29) is 5.69 Å². The molecule has 3 rings (SSSR count). The highest BCUT2D eigenvalue weighted by atomic mass is 79.9. The van der Waals surface area contributed by atoms with Crippen molar-refractivity contribution < 1.29 is 9.66 Å². The molecular formula is C13H11BrN4O3. The average molecular weight is 351 g/mol. The smallest absolute Gasteiger partial charge is 0.305 e. The number of hydrogen-bond acceptors (Lipinski definition) is 6. The summed E-state index contributed by atoms with van der Waals surface area (Å²) >= 11 is 3.48. The number of nitro groups is 1. The van der Waals surface area contributed by atoms with Crippen LogP contribution in [0.25, 0.3) is 0 Å². The fraction of sp³-hybridized carbons (Fsp3) is 0.231. The quantitative estimate of drug-likeness (QED) is 0.673. The molecule has 0 radical (unpaired) electrons. The van der Waals surface area contributed by atoms with Crippen molar-refractivity contribution in [3.8, 4) is 5.75 Å². The number of halogens is 1. The normalized spacial score (nSPS) is 12.6. The van der Waals surface area contributed by atoms with E-state index in [1.54, 1.807) is 0 Å². The maximum Gasteiger partial charge on any atom is 0.305 e. The predicted molar refractivity (Wildman–Crippen MR) is 79.4 cm³/mol. The van der Waals surface area contributed by atoms with Gasteiger partial charge in [-0.3, -0.25) is 10.1 Å². The largest absolute Gasteiger partial charge is 0.493 e. The third-order valence-electron chi connectivity index (χ3n) is 3.11. The first kappa shape index (κ1) is 13.7. The van der Waals surface area contributed by atoms with Crippen LogP contribution >= 0.6 is 15.9 Å². The molecule has 0 aliphatic carbocycles. The van der Waals surface area contributed by atoms with Crippen molar-refractivity contribution >= 4 is 27.6 Å². The molecule has 1 aliphatic rings. The fourth-order valence-electron chi connectivity index (χ4n) is 2.16. The minimum absolute atomic E-state index is 0.132. The number of aromatic nitrogens is 2. The number of benzene rings is 1. The van der Waals surface area contributed by atoms with E-state index >= 15 is 0 Å². The number of rotatable bonds is 4. The van der Waals surface area contributed by atoms with Gasteiger partial charge >= 0.3 is 5.69 Å². The molecular weight excluding hydrogens is 340 g/mol. The maximum absolute atomic E-state index is 10.5. The molecule has 8 heteroatoms. The maximum atomic E-state index is 10.5. The Morgan fingerprint density at radius 1 is 1.38 bits per heavy atom. The standard InChI is InChI=1S/C13H11BrN4O3/c14-10-3-8-1-2-21-12(8)9(4-10)5-15-13-16-6-11(7-17-13)18(19)20/h3-4,6-7H,1-2,5H2,(H,15,16,17). The minimum atomic E-state index is -0.529. The third kappa shape index (κ3) is 2.94. The Balaban J connectivity index is 1.75. The van der Waals surface area contributed by atoms with Gasteiger partial charge in [-0.15, -0.1) is 0 Å². The number of fused-ring (bicyclic) bond motifs is 1. The summed E-state index contributed by atoms with van der Waals surface area (Å²) in [4.78, 5) is 17.8. The zero-order valence-corrected chi connectivity index (χ0v) is 12.5. The van der Waals surface area contributed by atoms with Gasteiger partial charge in [-0.2, -0.15) is 0 Å². The second kappa shape index (κ2) is 5.65. The van der Waals surface area contributed by atoms with E-state index in [0.717, 1.165) is 22.2 Å². The first-order valence-corrected chi connectivity index (χ1v) is 7.07. The molecule has 2 heterocycles. The van der Waals surface area contributed by atoms with Crippen molar-refractivity contribution in [1.82, 2.24) is 9.97 Å². The van der Waals surface area contributed by atoms with Crippen molar-refractivity contribution in [2.45, 2.75) is 13.0 Å². The lowest BCUT2D eigenvalue weighted by molar-refractivity contribution is -0.385. The second-order valence-corrected chi connectivity index (χ2v) is 5.44. The van der Waals surface area contributed by atoms with Crippen LogP contribution in [0.5, 0.6) is 5.75 Å². The van der Waals surface area contributed by atoms with Gasteiger partial charge in [-0.05, 0) is 17.7 Å². The molecule has 1 aromatic heterocycles. The van der Waals surface area contributed by atoms with E-state index in [1.165, 1.54) is 18.0 Å².